The zero-order chi connectivity index (χ0) is 15.9. The first-order valence-electron chi connectivity index (χ1n) is 6.79. The summed E-state index contributed by atoms with van der Waals surface area (Å²) < 4.78 is 26.8. The Kier molecular flexibility index (Phi) is 3.70. The van der Waals surface area contributed by atoms with Gasteiger partial charge in [0.15, 0.2) is 5.65 Å². The molecule has 4 nitrogen and oxygen atoms in total. The minimum absolute atomic E-state index is 0.247. The van der Waals surface area contributed by atoms with Crippen LogP contribution in [0, 0.1) is 13.8 Å². The van der Waals surface area contributed by atoms with Crippen LogP contribution in [0.2, 0.25) is 0 Å². The Morgan fingerprint density at radius 1 is 1.14 bits per heavy atom. The van der Waals surface area contributed by atoms with Gasteiger partial charge < -0.3 is 0 Å². The van der Waals surface area contributed by atoms with Crippen LogP contribution in [0.25, 0.3) is 11.0 Å². The molecule has 0 bridgehead atoms. The van der Waals surface area contributed by atoms with Crippen molar-refractivity contribution in [3.05, 3.63) is 59.4 Å². The SMILES string of the molecule is Cc1ccc(S(=O)(=O)n2ccc3c(C)c(CCl)cnc32)cc1. The Hall–Kier alpha value is -1.85. The molecule has 0 aliphatic rings. The highest BCUT2D eigenvalue weighted by atomic mass is 35.5. The number of halogens is 1. The van der Waals surface area contributed by atoms with Crippen LogP contribution in [-0.2, 0) is 15.9 Å². The monoisotopic (exact) mass is 334 g/mol. The lowest BCUT2D eigenvalue weighted by Crippen LogP contribution is -2.12. The van der Waals surface area contributed by atoms with Gasteiger partial charge in [0.1, 0.15) is 0 Å². The van der Waals surface area contributed by atoms with E-state index in [4.69, 9.17) is 11.6 Å². The molecule has 1 aromatic carbocycles. The van der Waals surface area contributed by atoms with Crippen molar-refractivity contribution in [1.29, 1.82) is 0 Å². The molecule has 0 fully saturated rings. The number of fused-ring (bicyclic) bond motifs is 1. The van der Waals surface area contributed by atoms with Crippen LogP contribution in [0.1, 0.15) is 16.7 Å². The largest absolute Gasteiger partial charge is 0.269 e. The summed E-state index contributed by atoms with van der Waals surface area (Å²) in [6.07, 6.45) is 3.17. The maximum atomic E-state index is 12.8. The first kappa shape index (κ1) is 15.1. The molecule has 6 heteroatoms. The molecule has 2 heterocycles. The fourth-order valence-electron chi connectivity index (χ4n) is 2.39. The van der Waals surface area contributed by atoms with Gasteiger partial charge in [-0.1, -0.05) is 17.7 Å². The van der Waals surface area contributed by atoms with E-state index < -0.39 is 10.0 Å². The number of hydrogen-bond acceptors (Lipinski definition) is 3. The molecule has 22 heavy (non-hydrogen) atoms. The topological polar surface area (TPSA) is 52.0 Å². The second-order valence-electron chi connectivity index (χ2n) is 5.21. The second kappa shape index (κ2) is 5.41. The molecule has 0 atom stereocenters. The van der Waals surface area contributed by atoms with E-state index in [-0.39, 0.29) is 4.90 Å². The zero-order valence-corrected chi connectivity index (χ0v) is 13.8. The molecule has 0 saturated carbocycles. The van der Waals surface area contributed by atoms with E-state index in [1.807, 2.05) is 13.8 Å². The van der Waals surface area contributed by atoms with Gasteiger partial charge in [-0.15, -0.1) is 11.6 Å². The van der Waals surface area contributed by atoms with Crippen molar-refractivity contribution in [3.8, 4) is 0 Å². The summed E-state index contributed by atoms with van der Waals surface area (Å²) in [5, 5.41) is 0.800. The molecule has 0 saturated heterocycles. The number of aromatic nitrogens is 2. The van der Waals surface area contributed by atoms with Crippen LogP contribution in [0.15, 0.2) is 47.6 Å². The van der Waals surface area contributed by atoms with Crippen LogP contribution in [0.3, 0.4) is 0 Å². The van der Waals surface area contributed by atoms with Gasteiger partial charge in [0.25, 0.3) is 10.0 Å². The predicted molar refractivity (Wildman–Crippen MR) is 87.8 cm³/mol. The minimum Gasteiger partial charge on any atom is -0.237 e. The molecule has 3 rings (SSSR count). The highest BCUT2D eigenvalue weighted by Crippen LogP contribution is 2.25. The van der Waals surface area contributed by atoms with Gasteiger partial charge in [0.05, 0.1) is 4.90 Å². The summed E-state index contributed by atoms with van der Waals surface area (Å²) in [5.74, 6) is 0.352. The van der Waals surface area contributed by atoms with Crippen molar-refractivity contribution in [3.63, 3.8) is 0 Å². The van der Waals surface area contributed by atoms with Gasteiger partial charge in [-0.25, -0.2) is 17.4 Å². The Labute approximate surface area is 134 Å². The molecule has 0 N–H and O–H groups in total. The molecular formula is C16H15ClN2O2S. The van der Waals surface area contributed by atoms with E-state index >= 15 is 0 Å². The first-order valence-corrected chi connectivity index (χ1v) is 8.76. The average molecular weight is 335 g/mol. The van der Waals surface area contributed by atoms with Crippen molar-refractivity contribution in [2.24, 2.45) is 0 Å². The van der Waals surface area contributed by atoms with Crippen LogP contribution < -0.4 is 0 Å². The number of nitrogens with zero attached hydrogens (tertiary/aromatic N) is 2. The number of rotatable bonds is 3. The van der Waals surface area contributed by atoms with Crippen molar-refractivity contribution in [2.45, 2.75) is 24.6 Å². The van der Waals surface area contributed by atoms with Gasteiger partial charge >= 0.3 is 0 Å². The fraction of sp³-hybridized carbons (Fsp3) is 0.188. The maximum Gasteiger partial charge on any atom is 0.269 e. The smallest absolute Gasteiger partial charge is 0.237 e. The highest BCUT2D eigenvalue weighted by molar-refractivity contribution is 7.90. The summed E-state index contributed by atoms with van der Waals surface area (Å²) in [6.45, 7) is 3.84. The van der Waals surface area contributed by atoms with Crippen molar-refractivity contribution in [2.75, 3.05) is 0 Å². The number of pyridine rings is 1. The van der Waals surface area contributed by atoms with Crippen LogP contribution in [0.5, 0.6) is 0 Å². The average Bonchev–Trinajstić information content (AvgIpc) is 2.94. The normalized spacial score (nSPS) is 12.0. The van der Waals surface area contributed by atoms with Crippen molar-refractivity contribution in [1.82, 2.24) is 8.96 Å². The first-order chi connectivity index (χ1) is 10.4. The van der Waals surface area contributed by atoms with Crippen LogP contribution in [0.4, 0.5) is 0 Å². The van der Waals surface area contributed by atoms with E-state index in [9.17, 15) is 8.42 Å². The third-order valence-electron chi connectivity index (χ3n) is 3.78. The number of benzene rings is 1. The Morgan fingerprint density at radius 3 is 2.45 bits per heavy atom. The Morgan fingerprint density at radius 2 is 1.82 bits per heavy atom. The minimum atomic E-state index is -3.65. The number of aryl methyl sites for hydroxylation is 2. The lowest BCUT2D eigenvalue weighted by molar-refractivity contribution is 0.588. The fourth-order valence-corrected chi connectivity index (χ4v) is 3.96. The molecule has 114 valence electrons. The predicted octanol–water partition coefficient (Wildman–Crippen LogP) is 3.63. The van der Waals surface area contributed by atoms with Crippen molar-refractivity contribution < 1.29 is 8.42 Å². The quantitative estimate of drug-likeness (QED) is 0.687. The molecular weight excluding hydrogens is 320 g/mol. The summed E-state index contributed by atoms with van der Waals surface area (Å²) in [6, 6.07) is 8.54. The molecule has 0 radical (unpaired) electrons. The van der Waals surface area contributed by atoms with Crippen LogP contribution >= 0.6 is 11.6 Å². The van der Waals surface area contributed by atoms with Gasteiger partial charge in [-0.05, 0) is 43.2 Å². The molecule has 0 spiro atoms. The van der Waals surface area contributed by atoms with Crippen molar-refractivity contribution >= 4 is 32.7 Å². The Balaban J connectivity index is 2.22. The summed E-state index contributed by atoms with van der Waals surface area (Å²) >= 11 is 5.87. The number of alkyl halides is 1. The third kappa shape index (κ3) is 2.30. The summed E-state index contributed by atoms with van der Waals surface area (Å²) in [4.78, 5) is 4.53. The molecule has 3 aromatic rings. The molecule has 2 aromatic heterocycles. The Bertz CT molecular complexity index is 944. The third-order valence-corrected chi connectivity index (χ3v) is 5.74. The second-order valence-corrected chi connectivity index (χ2v) is 7.29. The standard InChI is InChI=1S/C16H15ClN2O2S/c1-11-3-5-14(6-4-11)22(20,21)19-8-7-15-12(2)13(9-17)10-18-16(15)19/h3-8,10H,9H2,1-2H3. The molecule has 0 unspecified atom stereocenters. The number of hydrogen-bond donors (Lipinski definition) is 0. The van der Waals surface area contributed by atoms with Crippen LogP contribution in [-0.4, -0.2) is 17.4 Å². The van der Waals surface area contributed by atoms with Gasteiger partial charge in [0, 0.05) is 23.7 Å². The van der Waals surface area contributed by atoms with E-state index in [0.717, 1.165) is 22.1 Å². The zero-order valence-electron chi connectivity index (χ0n) is 12.2. The molecule has 0 amide bonds. The van der Waals surface area contributed by atoms with E-state index in [1.54, 1.807) is 36.5 Å². The molecule has 0 aliphatic carbocycles. The van der Waals surface area contributed by atoms with E-state index in [2.05, 4.69) is 4.98 Å². The highest BCUT2D eigenvalue weighted by Gasteiger charge is 2.20. The van der Waals surface area contributed by atoms with E-state index in [0.29, 0.717) is 11.5 Å². The lowest BCUT2D eigenvalue weighted by Gasteiger charge is -2.08. The van der Waals surface area contributed by atoms with Gasteiger partial charge in [-0.3, -0.25) is 0 Å². The summed E-state index contributed by atoms with van der Waals surface area (Å²) in [5.41, 5.74) is 3.29. The summed E-state index contributed by atoms with van der Waals surface area (Å²) in [7, 11) is -3.65. The van der Waals surface area contributed by atoms with Gasteiger partial charge in [-0.2, -0.15) is 0 Å². The lowest BCUT2D eigenvalue weighted by atomic mass is 10.1. The van der Waals surface area contributed by atoms with Gasteiger partial charge in [0.2, 0.25) is 0 Å². The van der Waals surface area contributed by atoms with E-state index in [1.165, 1.54) is 10.2 Å². The molecule has 0 aliphatic heterocycles. The maximum absolute atomic E-state index is 12.8.